The smallest absolute Gasteiger partial charge is 0.179 e. The molecule has 0 amide bonds. The number of nitrogens with one attached hydrogen (secondary N) is 2. The Morgan fingerprint density at radius 1 is 1.23 bits per heavy atom. The van der Waals surface area contributed by atoms with Gasteiger partial charge in [-0.1, -0.05) is 37.3 Å². The Kier molecular flexibility index (Phi) is 4.54. The predicted molar refractivity (Wildman–Crippen MR) is 90.3 cm³/mol. The molecule has 0 bridgehead atoms. The third kappa shape index (κ3) is 3.20. The molecule has 0 saturated heterocycles. The van der Waals surface area contributed by atoms with Gasteiger partial charge in [0.25, 0.3) is 0 Å². The van der Waals surface area contributed by atoms with Crippen LogP contribution < -0.4 is 10.6 Å². The highest BCUT2D eigenvalue weighted by Crippen LogP contribution is 2.23. The molecule has 3 heteroatoms. The first-order valence-corrected chi connectivity index (χ1v) is 7.96. The summed E-state index contributed by atoms with van der Waals surface area (Å²) in [6, 6.07) is 16.1. The summed E-state index contributed by atoms with van der Waals surface area (Å²) >= 11 is 0. The second-order valence-corrected chi connectivity index (χ2v) is 5.74. The summed E-state index contributed by atoms with van der Waals surface area (Å²) in [5.74, 6) is 0.188. The Hall–Kier alpha value is -2.13. The number of carbonyl (C=O) groups is 1. The molecule has 1 aliphatic rings. The Morgan fingerprint density at radius 2 is 2.05 bits per heavy atom. The topological polar surface area (TPSA) is 41.1 Å². The van der Waals surface area contributed by atoms with Crippen LogP contribution in [0.1, 0.15) is 34.8 Å². The first-order chi connectivity index (χ1) is 10.8. The zero-order valence-electron chi connectivity index (χ0n) is 12.9. The molecule has 0 spiro atoms. The van der Waals surface area contributed by atoms with Crippen LogP contribution in [-0.4, -0.2) is 18.4 Å². The van der Waals surface area contributed by atoms with Crippen LogP contribution in [0.4, 0.5) is 5.69 Å². The summed E-state index contributed by atoms with van der Waals surface area (Å²) in [6.07, 6.45) is 1.80. The van der Waals surface area contributed by atoms with E-state index >= 15 is 0 Å². The molecule has 114 valence electrons. The van der Waals surface area contributed by atoms with Crippen molar-refractivity contribution in [1.29, 1.82) is 0 Å². The Bertz CT molecular complexity index is 652. The number of benzene rings is 2. The van der Waals surface area contributed by atoms with Gasteiger partial charge in [0.2, 0.25) is 0 Å². The minimum absolute atomic E-state index is 0.132. The van der Waals surface area contributed by atoms with E-state index in [4.69, 9.17) is 0 Å². The molecule has 2 aromatic rings. The van der Waals surface area contributed by atoms with E-state index < -0.39 is 0 Å². The predicted octanol–water partition coefficient (Wildman–Crippen LogP) is 3.41. The number of hydrogen-bond acceptors (Lipinski definition) is 3. The standard InChI is InChI=1S/C19H22N2O/c1-2-17(21-13-14-6-4-3-5-7-14)19(22)16-8-9-18-15(12-16)10-11-20-18/h3-9,12,17,20-21H,2,10-11,13H2,1H3. The first kappa shape index (κ1) is 14.8. The van der Waals surface area contributed by atoms with Gasteiger partial charge < -0.3 is 10.6 Å². The Morgan fingerprint density at radius 3 is 2.82 bits per heavy atom. The van der Waals surface area contributed by atoms with E-state index in [0.717, 1.165) is 31.5 Å². The lowest BCUT2D eigenvalue weighted by atomic mass is 9.99. The van der Waals surface area contributed by atoms with Crippen molar-refractivity contribution >= 4 is 11.5 Å². The largest absolute Gasteiger partial charge is 0.384 e. The molecule has 1 atom stereocenters. The Labute approximate surface area is 131 Å². The number of hydrogen-bond donors (Lipinski definition) is 2. The molecule has 2 N–H and O–H groups in total. The van der Waals surface area contributed by atoms with Crippen molar-refractivity contribution in [1.82, 2.24) is 5.32 Å². The van der Waals surface area contributed by atoms with Gasteiger partial charge in [0.1, 0.15) is 0 Å². The van der Waals surface area contributed by atoms with Gasteiger partial charge in [0.15, 0.2) is 5.78 Å². The fourth-order valence-electron chi connectivity index (χ4n) is 2.92. The van der Waals surface area contributed by atoms with Gasteiger partial charge in [-0.05, 0) is 42.2 Å². The van der Waals surface area contributed by atoms with Gasteiger partial charge >= 0.3 is 0 Å². The van der Waals surface area contributed by atoms with Crippen LogP contribution >= 0.6 is 0 Å². The molecule has 3 nitrogen and oxygen atoms in total. The van der Waals surface area contributed by atoms with Crippen molar-refractivity contribution < 1.29 is 4.79 Å². The third-order valence-electron chi connectivity index (χ3n) is 4.22. The molecule has 1 aliphatic heterocycles. The number of anilines is 1. The molecule has 2 aromatic carbocycles. The molecule has 1 unspecified atom stereocenters. The number of carbonyl (C=O) groups excluding carboxylic acids is 1. The Balaban J connectivity index is 1.69. The molecule has 0 aromatic heterocycles. The van der Waals surface area contributed by atoms with E-state index in [2.05, 4.69) is 29.7 Å². The van der Waals surface area contributed by atoms with E-state index in [1.165, 1.54) is 16.8 Å². The van der Waals surface area contributed by atoms with E-state index in [9.17, 15) is 4.79 Å². The van der Waals surface area contributed by atoms with Gasteiger partial charge in [-0.2, -0.15) is 0 Å². The summed E-state index contributed by atoms with van der Waals surface area (Å²) in [4.78, 5) is 12.7. The molecule has 0 radical (unpaired) electrons. The molecule has 0 fully saturated rings. The van der Waals surface area contributed by atoms with Gasteiger partial charge in [-0.25, -0.2) is 0 Å². The summed E-state index contributed by atoms with van der Waals surface area (Å²) in [7, 11) is 0. The average Bonchev–Trinajstić information content (AvgIpc) is 3.03. The molecular formula is C19H22N2O. The summed E-state index contributed by atoms with van der Waals surface area (Å²) in [5, 5.41) is 6.72. The number of Topliss-reactive ketones (excluding diaryl/α,β-unsaturated/α-hetero) is 1. The van der Waals surface area contributed by atoms with Crippen molar-refractivity contribution in [2.75, 3.05) is 11.9 Å². The number of ketones is 1. The van der Waals surface area contributed by atoms with E-state index in [-0.39, 0.29) is 11.8 Å². The maximum absolute atomic E-state index is 12.7. The van der Waals surface area contributed by atoms with Crippen LogP contribution in [0.2, 0.25) is 0 Å². The first-order valence-electron chi connectivity index (χ1n) is 7.96. The summed E-state index contributed by atoms with van der Waals surface area (Å²) in [6.45, 7) is 3.74. The summed E-state index contributed by atoms with van der Waals surface area (Å²) < 4.78 is 0. The van der Waals surface area contributed by atoms with Crippen LogP contribution in [0.25, 0.3) is 0 Å². The normalized spacial score (nSPS) is 14.2. The van der Waals surface area contributed by atoms with E-state index in [0.29, 0.717) is 0 Å². The van der Waals surface area contributed by atoms with Crippen LogP contribution in [0.15, 0.2) is 48.5 Å². The second-order valence-electron chi connectivity index (χ2n) is 5.74. The van der Waals surface area contributed by atoms with Gasteiger partial charge in [0, 0.05) is 24.3 Å². The lowest BCUT2D eigenvalue weighted by Gasteiger charge is -2.16. The number of fused-ring (bicyclic) bond motifs is 1. The molecule has 0 saturated carbocycles. The minimum Gasteiger partial charge on any atom is -0.384 e. The zero-order valence-corrected chi connectivity index (χ0v) is 12.9. The molecule has 22 heavy (non-hydrogen) atoms. The maximum Gasteiger partial charge on any atom is 0.179 e. The van der Waals surface area contributed by atoms with Crippen molar-refractivity contribution in [2.24, 2.45) is 0 Å². The van der Waals surface area contributed by atoms with Gasteiger partial charge in [-0.3, -0.25) is 4.79 Å². The SMILES string of the molecule is CCC(NCc1ccccc1)C(=O)c1ccc2c(c1)CCN2. The van der Waals surface area contributed by atoms with Crippen molar-refractivity contribution in [3.63, 3.8) is 0 Å². The highest BCUT2D eigenvalue weighted by Gasteiger charge is 2.20. The monoisotopic (exact) mass is 294 g/mol. The molecule has 1 heterocycles. The van der Waals surface area contributed by atoms with Gasteiger partial charge in [-0.15, -0.1) is 0 Å². The zero-order chi connectivity index (χ0) is 15.4. The molecule has 3 rings (SSSR count). The average molecular weight is 294 g/mol. The van der Waals surface area contributed by atoms with Crippen LogP contribution in [0, 0.1) is 0 Å². The quantitative estimate of drug-likeness (QED) is 0.802. The lowest BCUT2D eigenvalue weighted by molar-refractivity contribution is 0.0939. The van der Waals surface area contributed by atoms with Crippen molar-refractivity contribution in [2.45, 2.75) is 32.4 Å². The fraction of sp³-hybridized carbons (Fsp3) is 0.316. The van der Waals surface area contributed by atoms with Gasteiger partial charge in [0.05, 0.1) is 6.04 Å². The minimum atomic E-state index is -0.132. The maximum atomic E-state index is 12.7. The highest BCUT2D eigenvalue weighted by molar-refractivity contribution is 6.00. The summed E-state index contributed by atoms with van der Waals surface area (Å²) in [5.41, 5.74) is 4.44. The van der Waals surface area contributed by atoms with Crippen molar-refractivity contribution in [3.05, 3.63) is 65.2 Å². The molecular weight excluding hydrogens is 272 g/mol. The van der Waals surface area contributed by atoms with E-state index in [1.54, 1.807) is 0 Å². The van der Waals surface area contributed by atoms with Crippen LogP contribution in [-0.2, 0) is 13.0 Å². The van der Waals surface area contributed by atoms with Crippen molar-refractivity contribution in [3.8, 4) is 0 Å². The second kappa shape index (κ2) is 6.75. The van der Waals surface area contributed by atoms with E-state index in [1.807, 2.05) is 36.4 Å². The third-order valence-corrected chi connectivity index (χ3v) is 4.22. The van der Waals surface area contributed by atoms with Crippen LogP contribution in [0.3, 0.4) is 0 Å². The lowest BCUT2D eigenvalue weighted by Crippen LogP contribution is -2.35. The highest BCUT2D eigenvalue weighted by atomic mass is 16.1. The fourth-order valence-corrected chi connectivity index (χ4v) is 2.92. The van der Waals surface area contributed by atoms with Crippen LogP contribution in [0.5, 0.6) is 0 Å². The number of rotatable bonds is 6. The molecule has 0 aliphatic carbocycles.